The molecule has 1 unspecified atom stereocenters. The van der Waals surface area contributed by atoms with Gasteiger partial charge >= 0.3 is 12.0 Å². The summed E-state index contributed by atoms with van der Waals surface area (Å²) in [5.74, 6) is -4.06. The number of fused-ring (bicyclic) bond motifs is 1. The first-order valence-electron chi connectivity index (χ1n) is 14.2. The molecule has 0 bridgehead atoms. The van der Waals surface area contributed by atoms with E-state index in [-0.39, 0.29) is 35.7 Å². The summed E-state index contributed by atoms with van der Waals surface area (Å²) in [7, 11) is 0. The molecule has 0 radical (unpaired) electrons. The summed E-state index contributed by atoms with van der Waals surface area (Å²) in [5.41, 5.74) is 4.28. The fraction of sp³-hybridized carbons (Fsp3) is 0.724. The smallest absolute Gasteiger partial charge is 0.329 e. The van der Waals surface area contributed by atoms with E-state index in [9.17, 15) is 28.8 Å². The Morgan fingerprint density at radius 1 is 1.07 bits per heavy atom. The predicted molar refractivity (Wildman–Crippen MR) is 150 cm³/mol. The molecule has 3 fully saturated rings. The highest BCUT2D eigenvalue weighted by molar-refractivity contribution is 6.38. The maximum Gasteiger partial charge on any atom is 0.329 e. The Morgan fingerprint density at radius 2 is 1.68 bits per heavy atom. The molecule has 3 aliphatic rings. The van der Waals surface area contributed by atoms with E-state index in [2.05, 4.69) is 22.5 Å². The van der Waals surface area contributed by atoms with Gasteiger partial charge in [-0.3, -0.25) is 19.2 Å². The fourth-order valence-electron chi connectivity index (χ4n) is 5.89. The number of likely N-dealkylation sites (tertiary alicyclic amines) is 1. The zero-order valence-electron chi connectivity index (χ0n) is 25.1. The van der Waals surface area contributed by atoms with Gasteiger partial charge in [-0.15, -0.1) is 0 Å². The van der Waals surface area contributed by atoms with Crippen molar-refractivity contribution in [3.8, 4) is 0 Å². The van der Waals surface area contributed by atoms with Crippen LogP contribution in [0, 0.1) is 34.5 Å². The minimum Gasteiger partial charge on any atom is -0.460 e. The molecule has 0 aromatic heterocycles. The van der Waals surface area contributed by atoms with Gasteiger partial charge < -0.3 is 31.3 Å². The maximum absolute atomic E-state index is 14.0. The molecule has 228 valence electrons. The van der Waals surface area contributed by atoms with Crippen LogP contribution in [0.4, 0.5) is 4.79 Å². The standard InChI is InChI=1S/C29H45N5O7/c1-9-12-41-26(39)18(14(2)3)32-27(40)33-22(28(4,5)6)25(38)34-13-16-17(29(16,7)8)20(34)24(37)31-19(15-10-11-15)21(35)23(30)36/h9,14-20,22H,1,10-13H2,2-8H3,(H2,30,36)(H,31,37)(H2,32,33,40)/t16-,17-,18-,19?,20-,22+/m0/s1. The molecule has 0 aromatic rings. The van der Waals surface area contributed by atoms with E-state index in [0.717, 1.165) is 0 Å². The van der Waals surface area contributed by atoms with Gasteiger partial charge in [-0.2, -0.15) is 0 Å². The van der Waals surface area contributed by atoms with E-state index in [1.54, 1.807) is 34.6 Å². The molecule has 5 N–H and O–H groups in total. The number of nitrogens with zero attached hydrogens (tertiary/aromatic N) is 1. The maximum atomic E-state index is 14.0. The summed E-state index contributed by atoms with van der Waals surface area (Å²) >= 11 is 0. The quantitative estimate of drug-likeness (QED) is 0.152. The number of esters is 1. The van der Waals surface area contributed by atoms with Gasteiger partial charge in [0.05, 0.1) is 0 Å². The van der Waals surface area contributed by atoms with Crippen molar-refractivity contribution in [2.75, 3.05) is 13.2 Å². The zero-order valence-corrected chi connectivity index (χ0v) is 25.1. The van der Waals surface area contributed by atoms with Crippen LogP contribution < -0.4 is 21.7 Å². The lowest BCUT2D eigenvalue weighted by molar-refractivity contribution is -0.145. The van der Waals surface area contributed by atoms with E-state index in [0.29, 0.717) is 19.4 Å². The van der Waals surface area contributed by atoms with E-state index < -0.39 is 65.1 Å². The topological polar surface area (TPSA) is 177 Å². The molecule has 1 aliphatic heterocycles. The highest BCUT2D eigenvalue weighted by Gasteiger charge is 2.70. The minimum absolute atomic E-state index is 0.00180. The van der Waals surface area contributed by atoms with Crippen LogP contribution in [-0.4, -0.2) is 77.7 Å². The van der Waals surface area contributed by atoms with E-state index in [4.69, 9.17) is 10.5 Å². The van der Waals surface area contributed by atoms with Gasteiger partial charge in [-0.1, -0.05) is 61.1 Å². The Morgan fingerprint density at radius 3 is 2.17 bits per heavy atom. The summed E-state index contributed by atoms with van der Waals surface area (Å²) < 4.78 is 5.11. The lowest BCUT2D eigenvalue weighted by Crippen LogP contribution is -2.62. The predicted octanol–water partition coefficient (Wildman–Crippen LogP) is 0.886. The van der Waals surface area contributed by atoms with Gasteiger partial charge in [-0.25, -0.2) is 9.59 Å². The summed E-state index contributed by atoms with van der Waals surface area (Å²) in [6, 6.07) is -4.61. The Kier molecular flexibility index (Phi) is 9.24. The van der Waals surface area contributed by atoms with Crippen molar-refractivity contribution in [1.82, 2.24) is 20.9 Å². The number of nitrogens with one attached hydrogen (secondary N) is 3. The van der Waals surface area contributed by atoms with Crippen LogP contribution in [0.25, 0.3) is 0 Å². The first-order chi connectivity index (χ1) is 18.9. The molecular weight excluding hydrogens is 530 g/mol. The summed E-state index contributed by atoms with van der Waals surface area (Å²) in [5, 5.41) is 8.07. The lowest BCUT2D eigenvalue weighted by atomic mass is 9.85. The number of ether oxygens (including phenoxy) is 1. The number of carbonyl (C=O) groups is 6. The van der Waals surface area contributed by atoms with Crippen molar-refractivity contribution < 1.29 is 33.5 Å². The number of nitrogens with two attached hydrogens (primary N) is 1. The van der Waals surface area contributed by atoms with E-state index >= 15 is 0 Å². The van der Waals surface area contributed by atoms with Crippen LogP contribution in [0.15, 0.2) is 12.7 Å². The highest BCUT2D eigenvalue weighted by atomic mass is 16.5. The van der Waals surface area contributed by atoms with Crippen LogP contribution in [0.2, 0.25) is 0 Å². The Balaban J connectivity index is 1.81. The first kappa shape index (κ1) is 32.1. The van der Waals surface area contributed by atoms with Crippen molar-refractivity contribution >= 4 is 35.5 Å². The molecule has 41 heavy (non-hydrogen) atoms. The molecular formula is C29H45N5O7. The molecule has 3 rings (SSSR count). The zero-order chi connectivity index (χ0) is 31.0. The third-order valence-corrected chi connectivity index (χ3v) is 8.62. The number of carbonyl (C=O) groups excluding carboxylic acids is 6. The van der Waals surface area contributed by atoms with Crippen LogP contribution in [0.3, 0.4) is 0 Å². The van der Waals surface area contributed by atoms with E-state index in [1.807, 2.05) is 13.8 Å². The number of hydrogen-bond acceptors (Lipinski definition) is 7. The second-order valence-corrected chi connectivity index (χ2v) is 13.5. The Bertz CT molecular complexity index is 1110. The molecule has 12 heteroatoms. The molecule has 2 saturated carbocycles. The van der Waals surface area contributed by atoms with Crippen LogP contribution in [0.5, 0.6) is 0 Å². The average molecular weight is 576 g/mol. The van der Waals surface area contributed by atoms with Gasteiger partial charge in [-0.05, 0) is 47.3 Å². The van der Waals surface area contributed by atoms with Crippen molar-refractivity contribution in [3.63, 3.8) is 0 Å². The van der Waals surface area contributed by atoms with Gasteiger partial charge in [0, 0.05) is 6.54 Å². The number of rotatable bonds is 12. The highest BCUT2D eigenvalue weighted by Crippen LogP contribution is 2.65. The number of hydrogen-bond donors (Lipinski definition) is 4. The van der Waals surface area contributed by atoms with E-state index in [1.165, 1.54) is 11.0 Å². The Hall–Kier alpha value is -3.44. The molecule has 1 saturated heterocycles. The van der Waals surface area contributed by atoms with Crippen LogP contribution in [0.1, 0.15) is 61.3 Å². The third-order valence-electron chi connectivity index (χ3n) is 8.62. The van der Waals surface area contributed by atoms with Crippen molar-refractivity contribution in [3.05, 3.63) is 12.7 Å². The van der Waals surface area contributed by atoms with Crippen LogP contribution in [-0.2, 0) is 28.7 Å². The second kappa shape index (κ2) is 11.8. The largest absolute Gasteiger partial charge is 0.460 e. The van der Waals surface area contributed by atoms with Gasteiger partial charge in [0.1, 0.15) is 30.8 Å². The molecule has 0 aromatic carbocycles. The summed E-state index contributed by atoms with van der Waals surface area (Å²) in [6.07, 6.45) is 2.81. The van der Waals surface area contributed by atoms with Crippen LogP contribution >= 0.6 is 0 Å². The number of piperidine rings is 1. The second-order valence-electron chi connectivity index (χ2n) is 13.5. The molecule has 2 aliphatic carbocycles. The number of ketones is 1. The first-order valence-corrected chi connectivity index (χ1v) is 14.2. The molecule has 1 heterocycles. The number of primary amides is 1. The lowest BCUT2D eigenvalue weighted by Gasteiger charge is -2.38. The average Bonchev–Trinajstić information content (AvgIpc) is 3.74. The number of urea groups is 1. The molecule has 0 spiro atoms. The van der Waals surface area contributed by atoms with Crippen molar-refractivity contribution in [2.24, 2.45) is 40.2 Å². The van der Waals surface area contributed by atoms with Gasteiger partial charge in [0.15, 0.2) is 0 Å². The monoisotopic (exact) mass is 575 g/mol. The minimum atomic E-state index is -1.11. The molecule has 6 atom stereocenters. The summed E-state index contributed by atoms with van der Waals surface area (Å²) in [6.45, 7) is 16.8. The van der Waals surface area contributed by atoms with Gasteiger partial charge in [0.25, 0.3) is 5.91 Å². The van der Waals surface area contributed by atoms with Gasteiger partial charge in [0.2, 0.25) is 17.6 Å². The van der Waals surface area contributed by atoms with Crippen molar-refractivity contribution in [2.45, 2.75) is 85.5 Å². The molecule has 5 amide bonds. The number of amides is 5. The third kappa shape index (κ3) is 6.90. The van der Waals surface area contributed by atoms with Crippen molar-refractivity contribution in [1.29, 1.82) is 0 Å². The number of Topliss-reactive ketones (excluding diaryl/α,β-unsaturated/α-hetero) is 1. The SMILES string of the molecule is C=CCOC(=O)[C@@H](NC(=O)N[C@H](C(=O)N1C[C@H]2[C@@H]([C@H]1C(=O)NC(C(=O)C(N)=O)C1CC1)C2(C)C)C(C)(C)C)C(C)C. The summed E-state index contributed by atoms with van der Waals surface area (Å²) in [4.78, 5) is 78.8. The fourth-order valence-corrected chi connectivity index (χ4v) is 5.89. The molecule has 12 nitrogen and oxygen atoms in total. The normalized spacial score (nSPS) is 24.8. The Labute approximate surface area is 241 Å².